The van der Waals surface area contributed by atoms with Crippen LogP contribution in [0.5, 0.6) is 0 Å². The van der Waals surface area contributed by atoms with Gasteiger partial charge in [-0.2, -0.15) is 0 Å². The summed E-state index contributed by atoms with van der Waals surface area (Å²) in [6.07, 6.45) is 0. The molecule has 0 aliphatic heterocycles. The van der Waals surface area contributed by atoms with Crippen LogP contribution in [0.15, 0.2) is 39.3 Å². The number of nitrogens with one attached hydrogen (secondary N) is 1. The van der Waals surface area contributed by atoms with Crippen molar-refractivity contribution in [3.05, 3.63) is 55.9 Å². The van der Waals surface area contributed by atoms with Gasteiger partial charge in [0.1, 0.15) is 5.82 Å². The molecule has 0 unspecified atom stereocenters. The number of hydrogen-bond donors (Lipinski definition) is 3. The van der Waals surface area contributed by atoms with Gasteiger partial charge < -0.3 is 16.3 Å². The minimum absolute atomic E-state index is 0.104. The van der Waals surface area contributed by atoms with Gasteiger partial charge in [-0.25, -0.2) is 4.39 Å². The fourth-order valence-electron chi connectivity index (χ4n) is 1.73. The zero-order valence-corrected chi connectivity index (χ0v) is 12.8. The first-order valence-corrected chi connectivity index (χ1v) is 7.41. The summed E-state index contributed by atoms with van der Waals surface area (Å²) >= 11 is 5.05. The molecule has 4 N–H and O–H groups in total. The van der Waals surface area contributed by atoms with Crippen molar-refractivity contribution < 1.29 is 9.60 Å². The molecule has 0 fully saturated rings. The second kappa shape index (κ2) is 6.83. The van der Waals surface area contributed by atoms with Crippen LogP contribution in [-0.4, -0.2) is 11.0 Å². The zero-order chi connectivity index (χ0) is 14.5. The molecule has 0 saturated carbocycles. The van der Waals surface area contributed by atoms with Crippen molar-refractivity contribution in [1.29, 1.82) is 0 Å². The number of thiophene rings is 1. The second-order valence-corrected chi connectivity index (χ2v) is 6.69. The van der Waals surface area contributed by atoms with Crippen molar-refractivity contribution in [3.8, 4) is 0 Å². The summed E-state index contributed by atoms with van der Waals surface area (Å²) in [5, 5.41) is 14.7. The third kappa shape index (κ3) is 4.03. The first-order valence-electron chi connectivity index (χ1n) is 5.81. The molecule has 0 amide bonds. The molecule has 2 aromatic rings. The summed E-state index contributed by atoms with van der Waals surface area (Å²) in [6, 6.07) is 8.35. The molecule has 0 saturated heterocycles. The van der Waals surface area contributed by atoms with Gasteiger partial charge in [-0.1, -0.05) is 5.16 Å². The third-order valence-corrected chi connectivity index (χ3v) is 4.24. The van der Waals surface area contributed by atoms with Gasteiger partial charge in [0, 0.05) is 23.5 Å². The molecule has 0 radical (unpaired) electrons. The number of rotatable bonds is 5. The van der Waals surface area contributed by atoms with Crippen LogP contribution in [0.3, 0.4) is 0 Å². The average molecular weight is 358 g/mol. The Labute approximate surface area is 128 Å². The molecular weight excluding hydrogens is 345 g/mol. The summed E-state index contributed by atoms with van der Waals surface area (Å²) in [7, 11) is 0. The Bertz CT molecular complexity index is 630. The molecule has 7 heteroatoms. The van der Waals surface area contributed by atoms with Crippen molar-refractivity contribution in [2.75, 3.05) is 0 Å². The van der Waals surface area contributed by atoms with E-state index in [9.17, 15) is 4.39 Å². The highest BCUT2D eigenvalue weighted by atomic mass is 79.9. The van der Waals surface area contributed by atoms with Gasteiger partial charge in [0.05, 0.1) is 3.79 Å². The molecule has 0 spiro atoms. The average Bonchev–Trinajstić information content (AvgIpc) is 2.83. The monoisotopic (exact) mass is 357 g/mol. The third-order valence-electron chi connectivity index (χ3n) is 2.62. The Balaban J connectivity index is 2.00. The van der Waals surface area contributed by atoms with E-state index in [1.807, 2.05) is 12.1 Å². The molecule has 1 heterocycles. The van der Waals surface area contributed by atoms with E-state index in [0.29, 0.717) is 18.7 Å². The summed E-state index contributed by atoms with van der Waals surface area (Å²) in [5.74, 6) is -0.516. The summed E-state index contributed by atoms with van der Waals surface area (Å²) in [4.78, 5) is 1.19. The van der Waals surface area contributed by atoms with E-state index in [0.717, 1.165) is 9.35 Å². The molecule has 2 rings (SSSR count). The largest absolute Gasteiger partial charge is 0.409 e. The summed E-state index contributed by atoms with van der Waals surface area (Å²) in [5.41, 5.74) is 6.57. The maximum Gasteiger partial charge on any atom is 0.170 e. The standard InChI is InChI=1S/C13H13BrFN3OS/c14-12-2-1-11(20-12)7-17-6-8-3-9(13(16)18-19)5-10(15)4-8/h1-5,17,19H,6-7H2,(H2,16,18). The Kier molecular flexibility index (Phi) is 5.11. The lowest BCUT2D eigenvalue weighted by atomic mass is 10.1. The van der Waals surface area contributed by atoms with Crippen LogP contribution in [0.4, 0.5) is 4.39 Å². The minimum atomic E-state index is -0.412. The van der Waals surface area contributed by atoms with Gasteiger partial charge in [-0.3, -0.25) is 0 Å². The Morgan fingerprint density at radius 1 is 1.35 bits per heavy atom. The van der Waals surface area contributed by atoms with Crippen LogP contribution in [0.1, 0.15) is 16.0 Å². The van der Waals surface area contributed by atoms with Crippen molar-refractivity contribution >= 4 is 33.1 Å². The number of benzene rings is 1. The van der Waals surface area contributed by atoms with E-state index in [2.05, 4.69) is 26.4 Å². The van der Waals surface area contributed by atoms with Crippen LogP contribution in [0, 0.1) is 5.82 Å². The van der Waals surface area contributed by atoms with Crippen LogP contribution < -0.4 is 11.1 Å². The highest BCUT2D eigenvalue weighted by Gasteiger charge is 2.05. The molecule has 1 aromatic carbocycles. The Morgan fingerprint density at radius 3 is 2.80 bits per heavy atom. The number of nitrogens with zero attached hydrogens (tertiary/aromatic N) is 1. The molecule has 20 heavy (non-hydrogen) atoms. The predicted octanol–water partition coefficient (Wildman–Crippen LogP) is 3.03. The lowest BCUT2D eigenvalue weighted by molar-refractivity contribution is 0.318. The van der Waals surface area contributed by atoms with Gasteiger partial charge in [-0.05, 0) is 51.8 Å². The number of nitrogens with two attached hydrogens (primary N) is 1. The number of amidine groups is 1. The highest BCUT2D eigenvalue weighted by molar-refractivity contribution is 9.11. The van der Waals surface area contributed by atoms with Crippen LogP contribution in [-0.2, 0) is 13.1 Å². The van der Waals surface area contributed by atoms with Gasteiger partial charge >= 0.3 is 0 Å². The van der Waals surface area contributed by atoms with E-state index < -0.39 is 5.82 Å². The van der Waals surface area contributed by atoms with Crippen LogP contribution in [0.25, 0.3) is 0 Å². The lowest BCUT2D eigenvalue weighted by Crippen LogP contribution is -2.16. The van der Waals surface area contributed by atoms with E-state index in [1.165, 1.54) is 17.0 Å². The van der Waals surface area contributed by atoms with E-state index in [-0.39, 0.29) is 5.84 Å². The number of halogens is 2. The predicted molar refractivity (Wildman–Crippen MR) is 81.5 cm³/mol. The fourth-order valence-corrected chi connectivity index (χ4v) is 3.19. The molecule has 0 aliphatic carbocycles. The van der Waals surface area contributed by atoms with Crippen LogP contribution >= 0.6 is 27.3 Å². The van der Waals surface area contributed by atoms with E-state index in [4.69, 9.17) is 10.9 Å². The molecule has 0 bridgehead atoms. The fraction of sp³-hybridized carbons (Fsp3) is 0.154. The van der Waals surface area contributed by atoms with Crippen molar-refractivity contribution in [1.82, 2.24) is 5.32 Å². The van der Waals surface area contributed by atoms with Crippen molar-refractivity contribution in [2.45, 2.75) is 13.1 Å². The van der Waals surface area contributed by atoms with E-state index in [1.54, 1.807) is 17.4 Å². The van der Waals surface area contributed by atoms with Crippen LogP contribution in [0.2, 0.25) is 0 Å². The molecular formula is C13H13BrFN3OS. The highest BCUT2D eigenvalue weighted by Crippen LogP contribution is 2.21. The number of hydrogen-bond acceptors (Lipinski definition) is 4. The Morgan fingerprint density at radius 2 is 2.15 bits per heavy atom. The lowest BCUT2D eigenvalue weighted by Gasteiger charge is -2.06. The van der Waals surface area contributed by atoms with E-state index >= 15 is 0 Å². The number of oxime groups is 1. The van der Waals surface area contributed by atoms with Gasteiger partial charge in [0.15, 0.2) is 5.84 Å². The first kappa shape index (κ1) is 15.0. The Hall–Kier alpha value is -1.44. The van der Waals surface area contributed by atoms with Gasteiger partial charge in [0.2, 0.25) is 0 Å². The van der Waals surface area contributed by atoms with Crippen molar-refractivity contribution in [3.63, 3.8) is 0 Å². The molecule has 106 valence electrons. The maximum absolute atomic E-state index is 13.5. The maximum atomic E-state index is 13.5. The molecule has 1 aromatic heterocycles. The van der Waals surface area contributed by atoms with Gasteiger partial charge in [0.25, 0.3) is 0 Å². The second-order valence-electron chi connectivity index (χ2n) is 4.14. The smallest absolute Gasteiger partial charge is 0.170 e. The first-order chi connectivity index (χ1) is 9.58. The zero-order valence-electron chi connectivity index (χ0n) is 10.4. The minimum Gasteiger partial charge on any atom is -0.409 e. The molecule has 0 atom stereocenters. The quantitative estimate of drug-likeness (QED) is 0.333. The topological polar surface area (TPSA) is 70.6 Å². The molecule has 0 aliphatic rings. The normalized spacial score (nSPS) is 11.8. The van der Waals surface area contributed by atoms with Gasteiger partial charge in [-0.15, -0.1) is 11.3 Å². The summed E-state index contributed by atoms with van der Waals surface area (Å²) < 4.78 is 14.5. The van der Waals surface area contributed by atoms with Crippen molar-refractivity contribution in [2.24, 2.45) is 10.9 Å². The molecule has 4 nitrogen and oxygen atoms in total. The summed E-state index contributed by atoms with van der Waals surface area (Å²) in [6.45, 7) is 1.20. The SMILES string of the molecule is N/C(=N/O)c1cc(F)cc(CNCc2ccc(Br)s2)c1.